The zero-order valence-corrected chi connectivity index (χ0v) is 23.4. The van der Waals surface area contributed by atoms with Gasteiger partial charge in [-0.05, 0) is 91.2 Å². The molecule has 2 aliphatic carbocycles. The lowest BCUT2D eigenvalue weighted by molar-refractivity contribution is 0.679. The molecule has 0 spiro atoms. The third-order valence-corrected chi connectivity index (χ3v) is 9.37. The summed E-state index contributed by atoms with van der Waals surface area (Å²) >= 11 is 0. The number of fused-ring (bicyclic) bond motifs is 8. The molecular weight excluding hydrogens is 508 g/mol. The quantitative estimate of drug-likeness (QED) is 0.220. The lowest BCUT2D eigenvalue weighted by Gasteiger charge is -2.33. The summed E-state index contributed by atoms with van der Waals surface area (Å²) in [5.41, 5.74) is 12.5. The van der Waals surface area contributed by atoms with Crippen LogP contribution >= 0.6 is 0 Å². The van der Waals surface area contributed by atoms with Crippen LogP contribution in [0.15, 0.2) is 143 Å². The molecule has 0 saturated carbocycles. The molecule has 2 heterocycles. The average molecular weight is 537 g/mol. The number of rotatable bonds is 3. The van der Waals surface area contributed by atoms with Gasteiger partial charge in [0.1, 0.15) is 11.2 Å². The molecule has 198 valence electrons. The maximum atomic E-state index is 6.21. The predicted octanol–water partition coefficient (Wildman–Crippen LogP) is 8.93. The molecule has 0 N–H and O–H groups in total. The average Bonchev–Trinajstić information content (AvgIpc) is 3.68. The molecular formula is C41H28O. The number of aryl methyl sites for hydroxylation is 1. The van der Waals surface area contributed by atoms with Gasteiger partial charge >= 0.3 is 0 Å². The van der Waals surface area contributed by atoms with Gasteiger partial charge in [0.05, 0.1) is 0 Å². The van der Waals surface area contributed by atoms with Gasteiger partial charge in [-0.25, -0.2) is 0 Å². The molecule has 1 unspecified atom stereocenters. The first-order valence-electron chi connectivity index (χ1n) is 14.8. The van der Waals surface area contributed by atoms with Crippen LogP contribution in [-0.4, -0.2) is 0 Å². The Bertz CT molecular complexity index is 2380. The number of furan rings is 2. The Kier molecular flexibility index (Phi) is 5.01. The van der Waals surface area contributed by atoms with Crippen molar-refractivity contribution >= 4 is 49.4 Å². The number of hydrogen-bond acceptors (Lipinski definition) is 1. The molecule has 7 aromatic rings. The third kappa shape index (κ3) is 3.31. The molecule has 1 nitrogen and oxygen atoms in total. The molecule has 0 aliphatic heterocycles. The van der Waals surface area contributed by atoms with Gasteiger partial charge in [-0.15, -0.1) is 0 Å². The van der Waals surface area contributed by atoms with Crippen LogP contribution in [0.4, 0.5) is 0 Å². The smallest absolute Gasteiger partial charge is 0.136 e. The predicted molar refractivity (Wildman–Crippen MR) is 175 cm³/mol. The van der Waals surface area contributed by atoms with Gasteiger partial charge in [0, 0.05) is 16.7 Å². The van der Waals surface area contributed by atoms with Gasteiger partial charge in [0.25, 0.3) is 0 Å². The van der Waals surface area contributed by atoms with Gasteiger partial charge in [-0.3, -0.25) is 0 Å². The fraction of sp³-hybridized carbons (Fsp3) is 0.0732. The maximum Gasteiger partial charge on any atom is 0.136 e. The Labute approximate surface area is 244 Å². The standard InChI is InChI=1S/C41H28O/c1-25-18-20-32(29-13-6-5-12-28(25)29)39-30-14-7-8-15-31(30)40(35-17-9-16-34-37-22-23-38(42-37)41(34)35)36-24-27(19-21-33(36)39)26-10-3-2-4-11-26/h2-20,22-24,33H,21H2,1H3. The van der Waals surface area contributed by atoms with E-state index in [0.29, 0.717) is 0 Å². The van der Waals surface area contributed by atoms with E-state index in [1.807, 2.05) is 0 Å². The Morgan fingerprint density at radius 2 is 1.33 bits per heavy atom. The second-order valence-electron chi connectivity index (χ2n) is 11.6. The molecule has 2 bridgehead atoms. The van der Waals surface area contributed by atoms with Crippen LogP contribution in [0.3, 0.4) is 0 Å². The molecule has 0 amide bonds. The second-order valence-corrected chi connectivity index (χ2v) is 11.6. The lowest BCUT2D eigenvalue weighted by atomic mass is 9.70. The first-order valence-corrected chi connectivity index (χ1v) is 14.8. The Hall–Kier alpha value is -5.14. The molecule has 42 heavy (non-hydrogen) atoms. The highest BCUT2D eigenvalue weighted by Crippen LogP contribution is 2.47. The lowest BCUT2D eigenvalue weighted by Crippen LogP contribution is -2.38. The second kappa shape index (κ2) is 8.93. The van der Waals surface area contributed by atoms with E-state index in [-0.39, 0.29) is 5.92 Å². The Balaban J connectivity index is 1.44. The Morgan fingerprint density at radius 1 is 0.595 bits per heavy atom. The van der Waals surface area contributed by atoms with E-state index < -0.39 is 0 Å². The summed E-state index contributed by atoms with van der Waals surface area (Å²) in [6.07, 6.45) is 5.86. The molecule has 2 aromatic heterocycles. The van der Waals surface area contributed by atoms with Gasteiger partial charge in [-0.1, -0.05) is 121 Å². The monoisotopic (exact) mass is 536 g/mol. The first-order chi connectivity index (χ1) is 20.8. The normalized spacial score (nSPS) is 16.5. The van der Waals surface area contributed by atoms with Crippen molar-refractivity contribution in [3.05, 3.63) is 172 Å². The Morgan fingerprint density at radius 3 is 2.21 bits per heavy atom. The molecule has 9 rings (SSSR count). The van der Waals surface area contributed by atoms with Gasteiger partial charge in [0.2, 0.25) is 0 Å². The molecule has 0 saturated heterocycles. The highest BCUT2D eigenvalue weighted by molar-refractivity contribution is 6.14. The fourth-order valence-electron chi connectivity index (χ4n) is 7.50. The van der Waals surface area contributed by atoms with Crippen molar-refractivity contribution in [2.24, 2.45) is 5.92 Å². The minimum absolute atomic E-state index is 0.233. The van der Waals surface area contributed by atoms with E-state index in [2.05, 4.69) is 140 Å². The molecule has 5 aromatic carbocycles. The fourth-order valence-corrected chi connectivity index (χ4v) is 7.50. The zero-order chi connectivity index (χ0) is 27.8. The van der Waals surface area contributed by atoms with Crippen molar-refractivity contribution in [2.45, 2.75) is 13.3 Å². The van der Waals surface area contributed by atoms with Crippen molar-refractivity contribution in [3.63, 3.8) is 0 Å². The summed E-state index contributed by atoms with van der Waals surface area (Å²) in [5.74, 6) is 0.233. The third-order valence-electron chi connectivity index (χ3n) is 9.37. The van der Waals surface area contributed by atoms with Crippen LogP contribution in [0.5, 0.6) is 0 Å². The zero-order valence-electron chi connectivity index (χ0n) is 23.4. The van der Waals surface area contributed by atoms with Crippen LogP contribution in [-0.2, 0) is 0 Å². The van der Waals surface area contributed by atoms with Gasteiger partial charge in [-0.2, -0.15) is 0 Å². The highest BCUT2D eigenvalue weighted by Gasteiger charge is 2.32. The topological polar surface area (TPSA) is 13.1 Å². The van der Waals surface area contributed by atoms with Crippen molar-refractivity contribution in [1.29, 1.82) is 0 Å². The summed E-state index contributed by atoms with van der Waals surface area (Å²) in [5, 5.41) is 7.69. The van der Waals surface area contributed by atoms with E-state index >= 15 is 0 Å². The largest absolute Gasteiger partial charge is 0.456 e. The minimum Gasteiger partial charge on any atom is -0.456 e. The van der Waals surface area contributed by atoms with Crippen LogP contribution in [0.25, 0.3) is 49.4 Å². The van der Waals surface area contributed by atoms with Crippen LogP contribution in [0, 0.1) is 12.8 Å². The van der Waals surface area contributed by atoms with E-state index in [0.717, 1.165) is 17.6 Å². The minimum atomic E-state index is 0.233. The summed E-state index contributed by atoms with van der Waals surface area (Å²) in [7, 11) is 0. The first kappa shape index (κ1) is 23.6. The summed E-state index contributed by atoms with van der Waals surface area (Å²) in [6, 6.07) is 44.3. The molecule has 0 fully saturated rings. The summed E-state index contributed by atoms with van der Waals surface area (Å²) in [6.45, 7) is 2.22. The van der Waals surface area contributed by atoms with Gasteiger partial charge in [0.15, 0.2) is 0 Å². The van der Waals surface area contributed by atoms with Crippen LogP contribution < -0.4 is 10.4 Å². The highest BCUT2D eigenvalue weighted by atomic mass is 16.3. The molecule has 1 atom stereocenters. The number of hydrogen-bond donors (Lipinski definition) is 0. The molecule has 2 aliphatic rings. The van der Waals surface area contributed by atoms with Crippen molar-refractivity contribution < 1.29 is 4.42 Å². The van der Waals surface area contributed by atoms with Crippen molar-refractivity contribution in [1.82, 2.24) is 0 Å². The number of allylic oxidation sites excluding steroid dienone is 4. The number of benzene rings is 6. The molecule has 1 heteroatoms. The van der Waals surface area contributed by atoms with Gasteiger partial charge < -0.3 is 4.42 Å². The van der Waals surface area contributed by atoms with Crippen LogP contribution in [0.2, 0.25) is 0 Å². The SMILES string of the molecule is Cc1ccc(C2=c3ccccc3=C(c3cccc4c5ccc(o5)c34)C3=CC(c4ccccc4)=CCC32)c2ccccc12. The summed E-state index contributed by atoms with van der Waals surface area (Å²) in [4.78, 5) is 0. The van der Waals surface area contributed by atoms with E-state index in [4.69, 9.17) is 4.42 Å². The van der Waals surface area contributed by atoms with E-state index in [1.54, 1.807) is 0 Å². The van der Waals surface area contributed by atoms with Crippen molar-refractivity contribution in [2.75, 3.05) is 0 Å². The molecule has 0 radical (unpaired) electrons. The maximum absolute atomic E-state index is 6.21. The van der Waals surface area contributed by atoms with Crippen LogP contribution in [0.1, 0.15) is 28.7 Å². The summed E-state index contributed by atoms with van der Waals surface area (Å²) < 4.78 is 6.21. The van der Waals surface area contributed by atoms with E-state index in [9.17, 15) is 0 Å². The van der Waals surface area contributed by atoms with Crippen molar-refractivity contribution in [3.8, 4) is 0 Å². The van der Waals surface area contributed by atoms with E-state index in [1.165, 1.54) is 76.5 Å².